The third kappa shape index (κ3) is 3.97. The van der Waals surface area contributed by atoms with Gasteiger partial charge in [-0.3, -0.25) is 0 Å². The number of nitrogens with one attached hydrogen (secondary N) is 2. The summed E-state index contributed by atoms with van der Waals surface area (Å²) >= 11 is 0. The molecule has 5 aromatic carbocycles. The zero-order valence-electron chi connectivity index (χ0n) is 18.9. The number of phenolic OH excluding ortho intramolecular Hbond substituents is 2. The fraction of sp³-hybridized carbons (Fsp3) is 0.0714. The highest BCUT2D eigenvalue weighted by Crippen LogP contribution is 2.48. The average molecular weight is 449 g/mol. The van der Waals surface area contributed by atoms with E-state index in [9.17, 15) is 10.2 Å². The Kier molecular flexibility index (Phi) is 5.47. The first-order valence-corrected chi connectivity index (χ1v) is 11.0. The van der Waals surface area contributed by atoms with Gasteiger partial charge in [0.05, 0.1) is 33.5 Å². The number of benzene rings is 5. The van der Waals surface area contributed by atoms with Crippen LogP contribution in [0.25, 0.3) is 21.5 Å². The number of nitrogens with zero attached hydrogens (tertiary/aromatic N) is 2. The zero-order chi connectivity index (χ0) is 23.7. The fourth-order valence-electron chi connectivity index (χ4n) is 3.93. The molecule has 0 aliphatic rings. The van der Waals surface area contributed by atoms with Crippen molar-refractivity contribution in [3.8, 4) is 11.5 Å². The molecule has 0 aliphatic carbocycles. The molecule has 0 atom stereocenters. The lowest BCUT2D eigenvalue weighted by molar-refractivity contribution is 0.478. The van der Waals surface area contributed by atoms with Gasteiger partial charge in [0.25, 0.3) is 0 Å². The van der Waals surface area contributed by atoms with E-state index in [-0.39, 0.29) is 11.5 Å². The van der Waals surface area contributed by atoms with Gasteiger partial charge in [-0.1, -0.05) is 59.7 Å². The molecular weight excluding hydrogens is 424 g/mol. The summed E-state index contributed by atoms with van der Waals surface area (Å²) < 4.78 is 0. The molecule has 0 radical (unpaired) electrons. The Bertz CT molecular complexity index is 1530. The Hall–Kier alpha value is -4.58. The van der Waals surface area contributed by atoms with Crippen molar-refractivity contribution >= 4 is 44.3 Å². The maximum absolute atomic E-state index is 11.2. The second-order valence-corrected chi connectivity index (χ2v) is 8.28. The van der Waals surface area contributed by atoms with Crippen LogP contribution in [0.5, 0.6) is 11.5 Å². The fourth-order valence-corrected chi connectivity index (χ4v) is 3.93. The lowest BCUT2D eigenvalue weighted by Crippen LogP contribution is -2.09. The zero-order valence-corrected chi connectivity index (χ0v) is 18.9. The van der Waals surface area contributed by atoms with Crippen LogP contribution in [-0.2, 0) is 0 Å². The highest BCUT2D eigenvalue weighted by Gasteiger charge is 2.19. The van der Waals surface area contributed by atoms with Crippen LogP contribution in [0.15, 0.2) is 95.2 Å². The third-order valence-electron chi connectivity index (χ3n) is 5.79. The number of hydrogen-bond donors (Lipinski definition) is 4. The van der Waals surface area contributed by atoms with E-state index in [0.29, 0.717) is 38.6 Å². The van der Waals surface area contributed by atoms with E-state index in [1.165, 1.54) is 0 Å². The van der Waals surface area contributed by atoms with Crippen LogP contribution in [0.3, 0.4) is 0 Å². The second-order valence-electron chi connectivity index (χ2n) is 8.28. The van der Waals surface area contributed by atoms with E-state index in [1.54, 1.807) is 24.3 Å². The van der Waals surface area contributed by atoms with Gasteiger partial charge in [-0.05, 0) is 50.2 Å². The Morgan fingerprint density at radius 1 is 0.588 bits per heavy atom. The summed E-state index contributed by atoms with van der Waals surface area (Å²) in [5.41, 5.74) is 11.2. The van der Waals surface area contributed by atoms with Crippen LogP contribution in [-0.4, -0.2) is 10.2 Å². The molecule has 0 saturated carbocycles. The number of phenols is 2. The molecule has 0 amide bonds. The normalized spacial score (nSPS) is 11.4. The summed E-state index contributed by atoms with van der Waals surface area (Å²) in [5.74, 6) is 0.101. The van der Waals surface area contributed by atoms with Gasteiger partial charge in [0.15, 0.2) is 0 Å². The van der Waals surface area contributed by atoms with Crippen molar-refractivity contribution in [2.45, 2.75) is 13.8 Å². The summed E-state index contributed by atoms with van der Waals surface area (Å²) in [7, 11) is 0. The van der Waals surface area contributed by atoms with Crippen molar-refractivity contribution in [2.75, 3.05) is 10.9 Å². The van der Waals surface area contributed by atoms with E-state index in [1.807, 2.05) is 74.5 Å². The lowest BCUT2D eigenvalue weighted by Gasteiger charge is -2.17. The van der Waals surface area contributed by atoms with Gasteiger partial charge in [-0.15, -0.1) is 5.11 Å². The predicted octanol–water partition coefficient (Wildman–Crippen LogP) is 7.88. The maximum atomic E-state index is 11.2. The first-order chi connectivity index (χ1) is 16.5. The Morgan fingerprint density at radius 2 is 1.18 bits per heavy atom. The van der Waals surface area contributed by atoms with Gasteiger partial charge in [-0.25, -0.2) is 0 Å². The van der Waals surface area contributed by atoms with Gasteiger partial charge in [0.2, 0.25) is 0 Å². The molecule has 0 aliphatic heterocycles. The van der Waals surface area contributed by atoms with E-state index in [4.69, 9.17) is 0 Å². The van der Waals surface area contributed by atoms with Crippen molar-refractivity contribution < 1.29 is 10.2 Å². The predicted molar refractivity (Wildman–Crippen MR) is 139 cm³/mol. The van der Waals surface area contributed by atoms with Gasteiger partial charge >= 0.3 is 0 Å². The highest BCUT2D eigenvalue weighted by molar-refractivity contribution is 6.18. The molecule has 5 rings (SSSR count). The molecule has 0 heterocycles. The van der Waals surface area contributed by atoms with E-state index >= 15 is 0 Å². The number of hydrazine groups is 1. The molecular formula is C28H24N4O2. The number of fused-ring (bicyclic) bond motifs is 2. The molecule has 4 N–H and O–H groups in total. The summed E-state index contributed by atoms with van der Waals surface area (Å²) in [5, 5.41) is 33.2. The molecule has 5 aromatic rings. The quantitative estimate of drug-likeness (QED) is 0.0953. The molecule has 0 aromatic heterocycles. The van der Waals surface area contributed by atoms with Crippen LogP contribution < -0.4 is 10.9 Å². The summed E-state index contributed by atoms with van der Waals surface area (Å²) in [4.78, 5) is 0. The van der Waals surface area contributed by atoms with Gasteiger partial charge in [0, 0.05) is 10.8 Å². The van der Waals surface area contributed by atoms with E-state index in [0.717, 1.165) is 16.8 Å². The molecule has 0 bridgehead atoms. The van der Waals surface area contributed by atoms with Crippen LogP contribution in [0.4, 0.5) is 22.7 Å². The first kappa shape index (κ1) is 21.3. The summed E-state index contributed by atoms with van der Waals surface area (Å²) in [6, 6.07) is 26.4. The van der Waals surface area contributed by atoms with Gasteiger partial charge in [-0.2, -0.15) is 5.11 Å². The molecule has 6 heteroatoms. The minimum Gasteiger partial charge on any atom is -0.507 e. The Labute approximate surface area is 197 Å². The molecule has 6 nitrogen and oxygen atoms in total. The minimum absolute atomic E-state index is 0.0419. The number of aryl methyl sites for hydroxylation is 2. The summed E-state index contributed by atoms with van der Waals surface area (Å²) in [6.07, 6.45) is 0. The first-order valence-electron chi connectivity index (χ1n) is 11.0. The summed E-state index contributed by atoms with van der Waals surface area (Å²) in [6.45, 7) is 4.04. The van der Waals surface area contributed by atoms with Crippen LogP contribution in [0.1, 0.15) is 11.1 Å². The van der Waals surface area contributed by atoms with E-state index < -0.39 is 0 Å². The van der Waals surface area contributed by atoms with Crippen molar-refractivity contribution in [3.63, 3.8) is 0 Å². The molecule has 34 heavy (non-hydrogen) atoms. The van der Waals surface area contributed by atoms with Crippen molar-refractivity contribution in [1.82, 2.24) is 0 Å². The Morgan fingerprint density at radius 3 is 1.82 bits per heavy atom. The largest absolute Gasteiger partial charge is 0.507 e. The minimum atomic E-state index is 0.0419. The average Bonchev–Trinajstić information content (AvgIpc) is 2.86. The molecule has 168 valence electrons. The molecule has 0 spiro atoms. The van der Waals surface area contributed by atoms with Gasteiger partial charge in [0.1, 0.15) is 11.5 Å². The van der Waals surface area contributed by atoms with Crippen molar-refractivity contribution in [1.29, 1.82) is 0 Å². The number of aromatic hydroxyl groups is 2. The SMILES string of the molecule is Cc1ccc(N=Nc2ccc(NNc3ccc(C)cc3)c3c(O)c4ccccc4c(O)c23)cc1. The topological polar surface area (TPSA) is 89.2 Å². The number of azo groups is 1. The van der Waals surface area contributed by atoms with Crippen molar-refractivity contribution in [2.24, 2.45) is 10.2 Å². The standard InChI is InChI=1S/C28H24N4O2/c1-17-7-11-19(12-8-17)29-31-23-15-16-24(32-30-20-13-9-18(2)10-14-20)26-25(23)27(33)21-5-3-4-6-22(21)28(26)34/h3-16,29,31,33-34H,1-2H3. The third-order valence-corrected chi connectivity index (χ3v) is 5.79. The van der Waals surface area contributed by atoms with Crippen LogP contribution in [0.2, 0.25) is 0 Å². The second kappa shape index (κ2) is 8.75. The number of hydrogen-bond acceptors (Lipinski definition) is 6. The number of rotatable bonds is 5. The smallest absolute Gasteiger partial charge is 0.133 e. The molecule has 0 fully saturated rings. The maximum Gasteiger partial charge on any atom is 0.133 e. The highest BCUT2D eigenvalue weighted by atomic mass is 16.3. The lowest BCUT2D eigenvalue weighted by atomic mass is 9.98. The van der Waals surface area contributed by atoms with Gasteiger partial charge < -0.3 is 21.1 Å². The van der Waals surface area contributed by atoms with Crippen LogP contribution in [0, 0.1) is 13.8 Å². The molecule has 0 saturated heterocycles. The molecule has 0 unspecified atom stereocenters. The van der Waals surface area contributed by atoms with Crippen molar-refractivity contribution in [3.05, 3.63) is 96.1 Å². The number of anilines is 2. The monoisotopic (exact) mass is 448 g/mol. The van der Waals surface area contributed by atoms with E-state index in [2.05, 4.69) is 21.1 Å². The Balaban J connectivity index is 1.65. The van der Waals surface area contributed by atoms with Crippen LogP contribution >= 0.6 is 0 Å².